The Hall–Kier alpha value is -0.590. The lowest BCUT2D eigenvalue weighted by atomic mass is 9.89. The zero-order valence-electron chi connectivity index (χ0n) is 13.2. The minimum absolute atomic E-state index is 0.395. The van der Waals surface area contributed by atoms with Gasteiger partial charge in [0, 0.05) is 6.54 Å². The Morgan fingerprint density at radius 2 is 2.11 bits per heavy atom. The first-order valence-electron chi connectivity index (χ1n) is 7.89. The van der Waals surface area contributed by atoms with Crippen LogP contribution in [0.3, 0.4) is 0 Å². The lowest BCUT2D eigenvalue weighted by Gasteiger charge is -2.30. The van der Waals surface area contributed by atoms with E-state index in [0.717, 1.165) is 44.4 Å². The Labute approximate surface area is 119 Å². The molecule has 1 saturated heterocycles. The third-order valence-electron chi connectivity index (χ3n) is 4.36. The second-order valence-corrected chi connectivity index (χ2v) is 6.58. The van der Waals surface area contributed by atoms with Crippen molar-refractivity contribution >= 4 is 0 Å². The maximum Gasteiger partial charge on any atom is 0.116 e. The molecular weight excluding hydrogens is 234 g/mol. The van der Waals surface area contributed by atoms with E-state index in [1.807, 2.05) is 6.92 Å². The van der Waals surface area contributed by atoms with E-state index in [9.17, 15) is 5.26 Å². The Kier molecular flexibility index (Phi) is 6.82. The maximum absolute atomic E-state index is 9.41. The molecule has 0 aromatic heterocycles. The Bertz CT molecular complexity index is 295. The van der Waals surface area contributed by atoms with Crippen LogP contribution in [0.4, 0.5) is 0 Å². The fraction of sp³-hybridized carbons (Fsp3) is 0.938. The number of hydrogen-bond donors (Lipinski definition) is 1. The molecule has 110 valence electrons. The average Bonchev–Trinajstić information content (AvgIpc) is 2.62. The van der Waals surface area contributed by atoms with Gasteiger partial charge in [0.25, 0.3) is 0 Å². The molecular formula is C16H31N3. The molecule has 2 unspecified atom stereocenters. The summed E-state index contributed by atoms with van der Waals surface area (Å²) in [4.78, 5) is 2.48. The number of likely N-dealkylation sites (tertiary alicyclic amines) is 1. The van der Waals surface area contributed by atoms with Crippen LogP contribution < -0.4 is 5.32 Å². The van der Waals surface area contributed by atoms with Crippen LogP contribution in [0.1, 0.15) is 53.4 Å². The third kappa shape index (κ3) is 5.50. The van der Waals surface area contributed by atoms with Crippen LogP contribution in [0.25, 0.3) is 0 Å². The van der Waals surface area contributed by atoms with Gasteiger partial charge in [-0.25, -0.2) is 0 Å². The molecule has 1 aliphatic heterocycles. The fourth-order valence-electron chi connectivity index (χ4n) is 2.99. The summed E-state index contributed by atoms with van der Waals surface area (Å²) in [5.74, 6) is 1.66. The van der Waals surface area contributed by atoms with Gasteiger partial charge in [-0.15, -0.1) is 0 Å². The summed E-state index contributed by atoms with van der Waals surface area (Å²) in [7, 11) is 0. The smallest absolute Gasteiger partial charge is 0.116 e. The van der Waals surface area contributed by atoms with Crippen LogP contribution in [-0.4, -0.2) is 36.6 Å². The Morgan fingerprint density at radius 3 is 2.68 bits per heavy atom. The van der Waals surface area contributed by atoms with Crippen molar-refractivity contribution in [1.29, 1.82) is 5.26 Å². The van der Waals surface area contributed by atoms with E-state index in [1.54, 1.807) is 0 Å². The highest BCUT2D eigenvalue weighted by Crippen LogP contribution is 2.25. The largest absolute Gasteiger partial charge is 0.300 e. The van der Waals surface area contributed by atoms with Crippen molar-refractivity contribution in [2.75, 3.05) is 26.2 Å². The molecule has 0 radical (unpaired) electrons. The van der Waals surface area contributed by atoms with Crippen molar-refractivity contribution < 1.29 is 0 Å². The molecule has 0 aromatic carbocycles. The van der Waals surface area contributed by atoms with E-state index in [4.69, 9.17) is 0 Å². The molecule has 0 aliphatic carbocycles. The van der Waals surface area contributed by atoms with Gasteiger partial charge in [-0.3, -0.25) is 5.32 Å². The van der Waals surface area contributed by atoms with Gasteiger partial charge < -0.3 is 4.90 Å². The van der Waals surface area contributed by atoms with Gasteiger partial charge in [0.1, 0.15) is 5.54 Å². The van der Waals surface area contributed by atoms with E-state index >= 15 is 0 Å². The summed E-state index contributed by atoms with van der Waals surface area (Å²) in [5.41, 5.74) is -0.395. The summed E-state index contributed by atoms with van der Waals surface area (Å²) >= 11 is 0. The van der Waals surface area contributed by atoms with Crippen molar-refractivity contribution in [3.8, 4) is 6.07 Å². The van der Waals surface area contributed by atoms with Crippen LogP contribution in [0.15, 0.2) is 0 Å². The van der Waals surface area contributed by atoms with Crippen molar-refractivity contribution in [3.63, 3.8) is 0 Å². The monoisotopic (exact) mass is 265 g/mol. The zero-order chi connectivity index (χ0) is 14.3. The second-order valence-electron chi connectivity index (χ2n) is 6.58. The van der Waals surface area contributed by atoms with Crippen LogP contribution in [0.2, 0.25) is 0 Å². The van der Waals surface area contributed by atoms with Crippen molar-refractivity contribution in [2.24, 2.45) is 11.8 Å². The van der Waals surface area contributed by atoms with Crippen LogP contribution in [-0.2, 0) is 0 Å². The SMILES string of the molecule is CCCNC(C)(C#N)CN1CCCC(C(C)C)CC1. The van der Waals surface area contributed by atoms with Crippen LogP contribution >= 0.6 is 0 Å². The summed E-state index contributed by atoms with van der Waals surface area (Å²) in [6, 6.07) is 2.46. The Balaban J connectivity index is 2.49. The number of rotatable bonds is 6. The van der Waals surface area contributed by atoms with Gasteiger partial charge in [0.15, 0.2) is 0 Å². The topological polar surface area (TPSA) is 39.1 Å². The second kappa shape index (κ2) is 7.87. The first-order valence-corrected chi connectivity index (χ1v) is 7.89. The third-order valence-corrected chi connectivity index (χ3v) is 4.36. The van der Waals surface area contributed by atoms with E-state index < -0.39 is 5.54 Å². The van der Waals surface area contributed by atoms with Crippen LogP contribution in [0.5, 0.6) is 0 Å². The van der Waals surface area contributed by atoms with Gasteiger partial charge in [-0.05, 0) is 64.1 Å². The number of nitrogens with zero attached hydrogens (tertiary/aromatic N) is 2. The molecule has 1 heterocycles. The summed E-state index contributed by atoms with van der Waals surface area (Å²) in [5, 5.41) is 12.8. The lowest BCUT2D eigenvalue weighted by molar-refractivity contribution is 0.221. The summed E-state index contributed by atoms with van der Waals surface area (Å²) < 4.78 is 0. The summed E-state index contributed by atoms with van der Waals surface area (Å²) in [6.45, 7) is 12.9. The molecule has 0 bridgehead atoms. The number of hydrogen-bond acceptors (Lipinski definition) is 3. The molecule has 1 N–H and O–H groups in total. The molecule has 3 nitrogen and oxygen atoms in total. The molecule has 0 aromatic rings. The van der Waals surface area contributed by atoms with E-state index in [-0.39, 0.29) is 0 Å². The minimum atomic E-state index is -0.395. The zero-order valence-corrected chi connectivity index (χ0v) is 13.2. The maximum atomic E-state index is 9.41. The highest BCUT2D eigenvalue weighted by Gasteiger charge is 2.28. The minimum Gasteiger partial charge on any atom is -0.300 e. The molecule has 19 heavy (non-hydrogen) atoms. The van der Waals surface area contributed by atoms with Crippen molar-refractivity contribution in [1.82, 2.24) is 10.2 Å². The molecule has 2 atom stereocenters. The molecule has 0 saturated carbocycles. The van der Waals surface area contributed by atoms with Gasteiger partial charge in [-0.1, -0.05) is 20.8 Å². The van der Waals surface area contributed by atoms with E-state index in [1.165, 1.54) is 19.3 Å². The number of nitrogens with one attached hydrogen (secondary N) is 1. The molecule has 3 heteroatoms. The van der Waals surface area contributed by atoms with E-state index in [0.29, 0.717) is 0 Å². The molecule has 1 aliphatic rings. The van der Waals surface area contributed by atoms with Crippen LogP contribution in [0, 0.1) is 23.2 Å². The predicted octanol–water partition coefficient (Wildman–Crippen LogP) is 3.03. The van der Waals surface area contributed by atoms with Gasteiger partial charge in [0.2, 0.25) is 0 Å². The van der Waals surface area contributed by atoms with Crippen molar-refractivity contribution in [3.05, 3.63) is 0 Å². The standard InChI is InChI=1S/C16H31N3/c1-5-9-18-16(4,12-17)13-19-10-6-7-15(8-11-19)14(2)3/h14-15,18H,5-11,13H2,1-4H3. The van der Waals surface area contributed by atoms with Gasteiger partial charge in [-0.2, -0.15) is 5.26 Å². The lowest BCUT2D eigenvalue weighted by Crippen LogP contribution is -2.50. The first kappa shape index (κ1) is 16.5. The molecule has 1 rings (SSSR count). The molecule has 0 amide bonds. The highest BCUT2D eigenvalue weighted by atomic mass is 15.2. The quantitative estimate of drug-likeness (QED) is 0.802. The first-order chi connectivity index (χ1) is 9.00. The van der Waals surface area contributed by atoms with E-state index in [2.05, 4.69) is 37.1 Å². The number of nitriles is 1. The summed E-state index contributed by atoms with van der Waals surface area (Å²) in [6.07, 6.45) is 4.98. The molecule has 1 fully saturated rings. The van der Waals surface area contributed by atoms with Gasteiger partial charge >= 0.3 is 0 Å². The fourth-order valence-corrected chi connectivity index (χ4v) is 2.99. The predicted molar refractivity (Wildman–Crippen MR) is 80.9 cm³/mol. The average molecular weight is 265 g/mol. The highest BCUT2D eigenvalue weighted by molar-refractivity contribution is 5.05. The van der Waals surface area contributed by atoms with Gasteiger partial charge in [0.05, 0.1) is 6.07 Å². The molecule has 0 spiro atoms. The van der Waals surface area contributed by atoms with Crippen molar-refractivity contribution in [2.45, 2.75) is 58.9 Å². The Morgan fingerprint density at radius 1 is 1.37 bits per heavy atom. The normalized spacial score (nSPS) is 24.7.